The highest BCUT2D eigenvalue weighted by molar-refractivity contribution is 5.79. The Morgan fingerprint density at radius 2 is 1.68 bits per heavy atom. The van der Waals surface area contributed by atoms with Gasteiger partial charge in [0.2, 0.25) is 5.95 Å². The minimum atomic E-state index is 0.00348. The summed E-state index contributed by atoms with van der Waals surface area (Å²) in [4.78, 5) is 8.17. The van der Waals surface area contributed by atoms with Crippen molar-refractivity contribution in [3.05, 3.63) is 28.8 Å². The first-order valence-corrected chi connectivity index (χ1v) is 10.1. The lowest BCUT2D eigenvalue weighted by Gasteiger charge is -2.57. The van der Waals surface area contributed by atoms with Gasteiger partial charge in [0.1, 0.15) is 23.2 Å². The van der Waals surface area contributed by atoms with Gasteiger partial charge in [-0.05, 0) is 80.2 Å². The van der Waals surface area contributed by atoms with Gasteiger partial charge in [-0.2, -0.15) is 10.2 Å². The van der Waals surface area contributed by atoms with Gasteiger partial charge in [-0.1, -0.05) is 6.07 Å². The van der Waals surface area contributed by atoms with E-state index in [9.17, 15) is 10.4 Å². The summed E-state index contributed by atoms with van der Waals surface area (Å²) in [6.45, 7) is 2.02. The second-order valence-electron chi connectivity index (χ2n) is 9.21. The molecular formula is C22H25N5O. The number of rotatable bonds is 2. The molecule has 0 spiro atoms. The van der Waals surface area contributed by atoms with Gasteiger partial charge in [-0.3, -0.25) is 0 Å². The Balaban J connectivity index is 1.70. The summed E-state index contributed by atoms with van der Waals surface area (Å²) in [6, 6.07) is 6.07. The van der Waals surface area contributed by atoms with Crippen molar-refractivity contribution in [1.29, 1.82) is 5.26 Å². The predicted molar refractivity (Wildman–Crippen MR) is 107 cm³/mol. The van der Waals surface area contributed by atoms with Crippen LogP contribution >= 0.6 is 0 Å². The van der Waals surface area contributed by atoms with Crippen molar-refractivity contribution in [2.45, 2.75) is 50.9 Å². The number of benzene rings is 1. The number of aromatic nitrogens is 2. The van der Waals surface area contributed by atoms with E-state index in [2.05, 4.69) is 22.1 Å². The summed E-state index contributed by atoms with van der Waals surface area (Å²) in [7, 11) is 0. The molecule has 1 aromatic carbocycles. The lowest BCUT2D eigenvalue weighted by molar-refractivity contribution is -0.00612. The first-order chi connectivity index (χ1) is 13.4. The maximum absolute atomic E-state index is 11.4. The minimum absolute atomic E-state index is 0.00348. The third kappa shape index (κ3) is 2.46. The van der Waals surface area contributed by atoms with Gasteiger partial charge in [0.25, 0.3) is 0 Å². The van der Waals surface area contributed by atoms with E-state index in [1.54, 1.807) is 0 Å². The zero-order valence-electron chi connectivity index (χ0n) is 16.1. The standard InChI is InChI=1S/C22H25N5O/c1-11-2-15(18-16(10-23)20(24)27-21(25)26-18)19(28)17(3-11)22-7-12-4-13(8-22)6-14(5-12)9-22/h2-3,12-14,28H,4-9H2,1H3,(H4,24,25,26,27). The van der Waals surface area contributed by atoms with Crippen LogP contribution in [0, 0.1) is 36.0 Å². The van der Waals surface area contributed by atoms with Gasteiger partial charge in [-0.25, -0.2) is 4.98 Å². The smallest absolute Gasteiger partial charge is 0.222 e. The zero-order chi connectivity index (χ0) is 19.6. The molecule has 0 amide bonds. The molecule has 6 rings (SSSR count). The van der Waals surface area contributed by atoms with Crippen molar-refractivity contribution < 1.29 is 5.11 Å². The molecule has 0 unspecified atom stereocenters. The Kier molecular flexibility index (Phi) is 3.61. The number of phenols is 1. The first kappa shape index (κ1) is 17.3. The molecule has 4 aliphatic rings. The Morgan fingerprint density at radius 3 is 2.25 bits per heavy atom. The topological polar surface area (TPSA) is 122 Å². The zero-order valence-corrected chi connectivity index (χ0v) is 16.1. The summed E-state index contributed by atoms with van der Waals surface area (Å²) in [5.41, 5.74) is 14.8. The number of nitrogen functional groups attached to an aromatic ring is 2. The Labute approximate surface area is 164 Å². The summed E-state index contributed by atoms with van der Waals surface area (Å²) in [5.74, 6) is 2.59. The fourth-order valence-corrected chi connectivity index (χ4v) is 6.61. The van der Waals surface area contributed by atoms with E-state index in [1.165, 1.54) is 19.3 Å². The number of aromatic hydroxyl groups is 1. The average Bonchev–Trinajstić information content (AvgIpc) is 2.61. The van der Waals surface area contributed by atoms with Crippen LogP contribution in [0.3, 0.4) is 0 Å². The summed E-state index contributed by atoms with van der Waals surface area (Å²) in [5, 5.41) is 21.0. The van der Waals surface area contributed by atoms with E-state index in [1.807, 2.05) is 13.0 Å². The van der Waals surface area contributed by atoms with Gasteiger partial charge in [0.05, 0.1) is 5.69 Å². The van der Waals surface area contributed by atoms with E-state index in [0.29, 0.717) is 11.3 Å². The average molecular weight is 375 g/mol. The van der Waals surface area contributed by atoms with Crippen molar-refractivity contribution in [2.24, 2.45) is 17.8 Å². The Hall–Kier alpha value is -2.81. The van der Waals surface area contributed by atoms with Crippen LogP contribution in [0.4, 0.5) is 11.8 Å². The van der Waals surface area contributed by atoms with Crippen LogP contribution in [0.15, 0.2) is 12.1 Å². The van der Waals surface area contributed by atoms with Gasteiger partial charge >= 0.3 is 0 Å². The highest BCUT2D eigenvalue weighted by Gasteiger charge is 2.52. The number of hydrogen-bond donors (Lipinski definition) is 3. The second-order valence-corrected chi connectivity index (χ2v) is 9.21. The van der Waals surface area contributed by atoms with Crippen molar-refractivity contribution in [2.75, 3.05) is 11.5 Å². The SMILES string of the molecule is Cc1cc(-c2nc(N)nc(N)c2C#N)c(O)c(C23CC4CC(CC(C4)C2)C3)c1. The van der Waals surface area contributed by atoms with Crippen molar-refractivity contribution in [1.82, 2.24) is 9.97 Å². The maximum Gasteiger partial charge on any atom is 0.222 e. The molecule has 1 heterocycles. The molecule has 4 saturated carbocycles. The lowest BCUT2D eigenvalue weighted by Crippen LogP contribution is -2.48. The molecule has 6 nitrogen and oxygen atoms in total. The molecule has 144 valence electrons. The normalized spacial score (nSPS) is 30.4. The number of hydrogen-bond acceptors (Lipinski definition) is 6. The summed E-state index contributed by atoms with van der Waals surface area (Å²) < 4.78 is 0. The Morgan fingerprint density at radius 1 is 1.07 bits per heavy atom. The maximum atomic E-state index is 11.4. The number of nitrogens with zero attached hydrogens (tertiary/aromatic N) is 3. The van der Waals surface area contributed by atoms with E-state index in [-0.39, 0.29) is 28.5 Å². The van der Waals surface area contributed by atoms with Gasteiger partial charge in [-0.15, -0.1) is 0 Å². The van der Waals surface area contributed by atoms with E-state index in [4.69, 9.17) is 11.5 Å². The fourth-order valence-electron chi connectivity index (χ4n) is 6.61. The van der Waals surface area contributed by atoms with E-state index >= 15 is 0 Å². The van der Waals surface area contributed by atoms with Gasteiger partial charge in [0.15, 0.2) is 0 Å². The largest absolute Gasteiger partial charge is 0.507 e. The highest BCUT2D eigenvalue weighted by Crippen LogP contribution is 2.62. The van der Waals surface area contributed by atoms with Gasteiger partial charge < -0.3 is 16.6 Å². The van der Waals surface area contributed by atoms with Crippen LogP contribution in [0.2, 0.25) is 0 Å². The number of phenolic OH excluding ortho intramolecular Hbond substituents is 1. The molecule has 0 saturated heterocycles. The molecule has 6 heteroatoms. The molecule has 0 aliphatic heterocycles. The van der Waals surface area contributed by atoms with E-state index < -0.39 is 0 Å². The number of anilines is 2. The highest BCUT2D eigenvalue weighted by atomic mass is 16.3. The molecule has 0 atom stereocenters. The van der Waals surface area contributed by atoms with Crippen molar-refractivity contribution in [3.8, 4) is 23.1 Å². The van der Waals surface area contributed by atoms with E-state index in [0.717, 1.165) is 48.1 Å². The van der Waals surface area contributed by atoms with Crippen LogP contribution in [0.25, 0.3) is 11.3 Å². The van der Waals surface area contributed by atoms with Crippen molar-refractivity contribution in [3.63, 3.8) is 0 Å². The molecule has 4 aliphatic carbocycles. The van der Waals surface area contributed by atoms with Gasteiger partial charge in [0, 0.05) is 11.1 Å². The number of nitrogens with two attached hydrogens (primary N) is 2. The first-order valence-electron chi connectivity index (χ1n) is 10.1. The molecule has 28 heavy (non-hydrogen) atoms. The van der Waals surface area contributed by atoms with Crippen LogP contribution in [0.1, 0.15) is 55.2 Å². The number of aryl methyl sites for hydroxylation is 1. The summed E-state index contributed by atoms with van der Waals surface area (Å²) >= 11 is 0. The van der Waals surface area contributed by atoms with Crippen LogP contribution < -0.4 is 11.5 Å². The molecule has 0 radical (unpaired) electrons. The lowest BCUT2D eigenvalue weighted by atomic mass is 9.48. The monoisotopic (exact) mass is 375 g/mol. The van der Waals surface area contributed by atoms with Crippen LogP contribution in [0.5, 0.6) is 5.75 Å². The minimum Gasteiger partial charge on any atom is -0.507 e. The molecule has 1 aromatic heterocycles. The molecule has 5 N–H and O–H groups in total. The molecule has 4 fully saturated rings. The molecule has 4 bridgehead atoms. The molecular weight excluding hydrogens is 350 g/mol. The second kappa shape index (κ2) is 5.84. The van der Waals surface area contributed by atoms with Crippen LogP contribution in [-0.2, 0) is 5.41 Å². The fraction of sp³-hybridized carbons (Fsp3) is 0.500. The number of nitriles is 1. The summed E-state index contributed by atoms with van der Waals surface area (Å²) in [6.07, 6.45) is 7.47. The van der Waals surface area contributed by atoms with Crippen molar-refractivity contribution >= 4 is 11.8 Å². The molecule has 2 aromatic rings. The van der Waals surface area contributed by atoms with Crippen LogP contribution in [-0.4, -0.2) is 15.1 Å². The predicted octanol–water partition coefficient (Wildman–Crippen LogP) is 3.66. The quantitative estimate of drug-likeness (QED) is 0.736. The third-order valence-electron chi connectivity index (χ3n) is 7.19. The third-order valence-corrected chi connectivity index (χ3v) is 7.19. The Bertz CT molecular complexity index is 987.